The van der Waals surface area contributed by atoms with E-state index in [4.69, 9.17) is 4.74 Å². The Balaban J connectivity index is 1.82. The lowest BCUT2D eigenvalue weighted by Crippen LogP contribution is -2.43. The lowest BCUT2D eigenvalue weighted by Gasteiger charge is -2.35. The van der Waals surface area contributed by atoms with Crippen LogP contribution < -0.4 is 15.4 Å². The van der Waals surface area contributed by atoms with Crippen LogP contribution in [0, 0.1) is 0 Å². The number of amides is 1. The monoisotopic (exact) mass is 422 g/mol. The van der Waals surface area contributed by atoms with Crippen LogP contribution in [0.1, 0.15) is 42.3 Å². The molecule has 1 heterocycles. The number of hydrogen-bond acceptors (Lipinski definition) is 6. The van der Waals surface area contributed by atoms with E-state index in [0.29, 0.717) is 11.3 Å². The second-order valence-corrected chi connectivity index (χ2v) is 7.88. The molecular weight excluding hydrogens is 396 g/mol. The number of methoxy groups -OCH3 is 1. The normalized spacial score (nSPS) is 15.4. The summed E-state index contributed by atoms with van der Waals surface area (Å²) in [5.74, 6) is -1.27. The number of fused-ring (bicyclic) bond motifs is 1. The summed E-state index contributed by atoms with van der Waals surface area (Å²) in [5, 5.41) is 5.88. The van der Waals surface area contributed by atoms with Gasteiger partial charge in [-0.2, -0.15) is 0 Å². The number of rotatable bonds is 5. The first-order valence-electron chi connectivity index (χ1n) is 10.0. The van der Waals surface area contributed by atoms with Crippen molar-refractivity contribution in [3.05, 3.63) is 65.2 Å². The summed E-state index contributed by atoms with van der Waals surface area (Å²) >= 11 is 0. The molecule has 1 aliphatic heterocycles. The molecule has 0 aromatic heterocycles. The van der Waals surface area contributed by atoms with Crippen molar-refractivity contribution >= 4 is 29.0 Å². The number of esters is 1. The molecule has 1 amide bonds. The number of ketones is 1. The highest BCUT2D eigenvalue weighted by atomic mass is 16.5. The maximum atomic E-state index is 12.9. The molecule has 0 bridgehead atoms. The average Bonchev–Trinajstić information content (AvgIpc) is 2.73. The van der Waals surface area contributed by atoms with Crippen LogP contribution in [0.5, 0.6) is 5.75 Å². The molecule has 2 N–H and O–H groups in total. The number of anilines is 1. The van der Waals surface area contributed by atoms with Gasteiger partial charge in [0.25, 0.3) is 0 Å². The summed E-state index contributed by atoms with van der Waals surface area (Å²) in [4.78, 5) is 36.1. The average molecular weight is 422 g/mol. The van der Waals surface area contributed by atoms with E-state index >= 15 is 0 Å². The van der Waals surface area contributed by atoms with Crippen molar-refractivity contribution in [2.45, 2.75) is 32.7 Å². The Morgan fingerprint density at radius 3 is 2.48 bits per heavy atom. The Bertz CT molecular complexity index is 1040. The van der Waals surface area contributed by atoms with E-state index in [-0.39, 0.29) is 17.9 Å². The fraction of sp³-hybridized carbons (Fsp3) is 0.292. The lowest BCUT2D eigenvalue weighted by molar-refractivity contribution is -0.152. The van der Waals surface area contributed by atoms with Gasteiger partial charge in [-0.15, -0.1) is 0 Å². The van der Waals surface area contributed by atoms with Crippen LogP contribution in [-0.4, -0.2) is 36.9 Å². The number of benzene rings is 2. The Hall–Kier alpha value is -3.61. The minimum Gasteiger partial charge on any atom is -0.497 e. The molecule has 7 heteroatoms. The summed E-state index contributed by atoms with van der Waals surface area (Å²) in [6.45, 7) is 5.91. The van der Waals surface area contributed by atoms with E-state index in [1.165, 1.54) is 0 Å². The van der Waals surface area contributed by atoms with Gasteiger partial charge in [0.1, 0.15) is 5.75 Å². The molecule has 0 radical (unpaired) electrons. The molecule has 3 rings (SSSR count). The van der Waals surface area contributed by atoms with Crippen LogP contribution in [0.15, 0.2) is 48.5 Å². The Morgan fingerprint density at radius 2 is 1.84 bits per heavy atom. The molecule has 0 saturated carbocycles. The number of allylic oxidation sites excluding steroid dienone is 1. The van der Waals surface area contributed by atoms with Crippen LogP contribution in [0.4, 0.5) is 5.69 Å². The molecule has 1 aliphatic rings. The molecule has 0 saturated heterocycles. The van der Waals surface area contributed by atoms with E-state index in [1.807, 2.05) is 18.2 Å². The van der Waals surface area contributed by atoms with Gasteiger partial charge in [-0.1, -0.05) is 6.07 Å². The minimum atomic E-state index is -0.951. The van der Waals surface area contributed by atoms with Gasteiger partial charge in [0.2, 0.25) is 0 Å². The first-order valence-corrected chi connectivity index (χ1v) is 10.0. The first-order chi connectivity index (χ1) is 14.7. The van der Waals surface area contributed by atoms with Crippen molar-refractivity contribution in [1.29, 1.82) is 0 Å². The highest BCUT2D eigenvalue weighted by molar-refractivity contribution is 6.37. The summed E-state index contributed by atoms with van der Waals surface area (Å²) in [6, 6.07) is 12.2. The molecule has 0 fully saturated rings. The zero-order valence-electron chi connectivity index (χ0n) is 18.1. The predicted octanol–water partition coefficient (Wildman–Crippen LogP) is 3.34. The van der Waals surface area contributed by atoms with Crippen LogP contribution in [0.2, 0.25) is 0 Å². The van der Waals surface area contributed by atoms with Gasteiger partial charge in [0.05, 0.1) is 13.7 Å². The third-order valence-electron chi connectivity index (χ3n) is 4.88. The predicted molar refractivity (Wildman–Crippen MR) is 118 cm³/mol. The molecule has 0 atom stereocenters. The zero-order valence-corrected chi connectivity index (χ0v) is 18.1. The van der Waals surface area contributed by atoms with Crippen LogP contribution in [0.25, 0.3) is 5.70 Å². The third kappa shape index (κ3) is 5.31. The van der Waals surface area contributed by atoms with E-state index in [2.05, 4.69) is 29.2 Å². The maximum Gasteiger partial charge on any atom is 0.397 e. The highest BCUT2D eigenvalue weighted by Gasteiger charge is 2.28. The summed E-state index contributed by atoms with van der Waals surface area (Å²) in [6.07, 6.45) is 2.40. The van der Waals surface area contributed by atoms with Crippen molar-refractivity contribution in [1.82, 2.24) is 5.32 Å². The second kappa shape index (κ2) is 9.04. The van der Waals surface area contributed by atoms with Gasteiger partial charge in [-0.05, 0) is 69.2 Å². The van der Waals surface area contributed by atoms with Gasteiger partial charge in [-0.25, -0.2) is 4.79 Å². The standard InChI is InChI=1S/C24H26N2O5/c1-5-31-23(29)22(28)25-17-9-6-15(7-10-17)21(27)13-20-19-12-18(30-4)11-8-16(19)14-24(2,3)26-20/h6-13,26H,5,14H2,1-4H3,(H,25,28). The van der Waals surface area contributed by atoms with Crippen molar-refractivity contribution in [2.75, 3.05) is 19.0 Å². The molecule has 2 aromatic rings. The summed E-state index contributed by atoms with van der Waals surface area (Å²) in [5.41, 5.74) is 3.46. The number of carbonyl (C=O) groups excluding carboxylic acids is 3. The topological polar surface area (TPSA) is 93.7 Å². The number of carbonyl (C=O) groups is 3. The van der Waals surface area contributed by atoms with Gasteiger partial charge in [0, 0.05) is 34.1 Å². The summed E-state index contributed by atoms with van der Waals surface area (Å²) < 4.78 is 10.00. The Kier molecular flexibility index (Phi) is 6.44. The van der Waals surface area contributed by atoms with Crippen molar-refractivity contribution < 1.29 is 23.9 Å². The van der Waals surface area contributed by atoms with E-state index < -0.39 is 11.9 Å². The van der Waals surface area contributed by atoms with E-state index in [0.717, 1.165) is 29.0 Å². The quantitative estimate of drug-likeness (QED) is 0.332. The Labute approximate surface area is 181 Å². The van der Waals surface area contributed by atoms with Gasteiger partial charge in [-0.3, -0.25) is 9.59 Å². The second-order valence-electron chi connectivity index (χ2n) is 7.88. The first kappa shape index (κ1) is 22.1. The number of hydrogen-bond donors (Lipinski definition) is 2. The van der Waals surface area contributed by atoms with Gasteiger partial charge >= 0.3 is 11.9 Å². The van der Waals surface area contributed by atoms with Crippen LogP contribution in [-0.2, 0) is 20.7 Å². The molecule has 7 nitrogen and oxygen atoms in total. The van der Waals surface area contributed by atoms with Crippen molar-refractivity contribution in [3.8, 4) is 5.75 Å². The number of ether oxygens (including phenoxy) is 2. The molecule has 0 aliphatic carbocycles. The SMILES string of the molecule is CCOC(=O)C(=O)Nc1ccc(C(=O)C=C2NC(C)(C)Cc3ccc(OC)cc32)cc1. The highest BCUT2D eigenvalue weighted by Crippen LogP contribution is 2.32. The minimum absolute atomic E-state index is 0.119. The van der Waals surface area contributed by atoms with Crippen LogP contribution in [0.3, 0.4) is 0 Å². The van der Waals surface area contributed by atoms with E-state index in [9.17, 15) is 14.4 Å². The molecule has 31 heavy (non-hydrogen) atoms. The fourth-order valence-electron chi connectivity index (χ4n) is 3.46. The van der Waals surface area contributed by atoms with Gasteiger partial charge < -0.3 is 20.1 Å². The van der Waals surface area contributed by atoms with Crippen molar-refractivity contribution in [3.63, 3.8) is 0 Å². The number of nitrogens with one attached hydrogen (secondary N) is 2. The van der Waals surface area contributed by atoms with Crippen LogP contribution >= 0.6 is 0 Å². The largest absolute Gasteiger partial charge is 0.497 e. The zero-order chi connectivity index (χ0) is 22.6. The molecule has 0 unspecified atom stereocenters. The smallest absolute Gasteiger partial charge is 0.397 e. The third-order valence-corrected chi connectivity index (χ3v) is 4.88. The Morgan fingerprint density at radius 1 is 1.13 bits per heavy atom. The van der Waals surface area contributed by atoms with E-state index in [1.54, 1.807) is 44.4 Å². The summed E-state index contributed by atoms with van der Waals surface area (Å²) in [7, 11) is 1.61. The molecule has 2 aromatic carbocycles. The van der Waals surface area contributed by atoms with Crippen molar-refractivity contribution in [2.24, 2.45) is 0 Å². The molecule has 0 spiro atoms. The lowest BCUT2D eigenvalue weighted by atomic mass is 9.85. The molecule has 162 valence electrons. The maximum absolute atomic E-state index is 12.9. The molecular formula is C24H26N2O5. The van der Waals surface area contributed by atoms with Gasteiger partial charge in [0.15, 0.2) is 5.78 Å². The fourth-order valence-corrected chi connectivity index (χ4v) is 3.46.